The van der Waals surface area contributed by atoms with Crippen molar-refractivity contribution in [2.24, 2.45) is 17.8 Å². The van der Waals surface area contributed by atoms with Crippen LogP contribution in [0.15, 0.2) is 30.3 Å². The molecule has 0 radical (unpaired) electrons. The van der Waals surface area contributed by atoms with Crippen LogP contribution in [0.3, 0.4) is 0 Å². The Bertz CT molecular complexity index is 603. The zero-order valence-corrected chi connectivity index (χ0v) is 20.4. The fourth-order valence-corrected chi connectivity index (χ4v) is 8.67. The van der Waals surface area contributed by atoms with Crippen molar-refractivity contribution in [1.82, 2.24) is 0 Å². The summed E-state index contributed by atoms with van der Waals surface area (Å²) in [4.78, 5) is 13.4. The van der Waals surface area contributed by atoms with Gasteiger partial charge in [0.2, 0.25) is 0 Å². The van der Waals surface area contributed by atoms with Crippen molar-refractivity contribution in [3.8, 4) is 0 Å². The zero-order valence-electron chi connectivity index (χ0n) is 19.4. The maximum atomic E-state index is 13.4. The second-order valence-electron chi connectivity index (χ2n) is 9.40. The molecule has 0 aliphatic heterocycles. The Balaban J connectivity index is 2.22. The van der Waals surface area contributed by atoms with E-state index in [1.807, 2.05) is 30.3 Å². The van der Waals surface area contributed by atoms with Crippen molar-refractivity contribution in [2.45, 2.75) is 97.4 Å². The van der Waals surface area contributed by atoms with Gasteiger partial charge in [-0.2, -0.15) is 0 Å². The molecule has 1 aliphatic carbocycles. The molecule has 1 fully saturated rings. The molecular formula is C25H42O3Si. The molecule has 0 saturated heterocycles. The number of benzene rings is 1. The van der Waals surface area contributed by atoms with Gasteiger partial charge in [0, 0.05) is 0 Å². The molecule has 3 nitrogen and oxygen atoms in total. The summed E-state index contributed by atoms with van der Waals surface area (Å²) in [7, 11) is -1.92. The molecule has 164 valence electrons. The number of rotatable bonds is 10. The van der Waals surface area contributed by atoms with Crippen LogP contribution in [-0.2, 0) is 20.9 Å². The highest BCUT2D eigenvalue weighted by molar-refractivity contribution is 6.83. The average Bonchev–Trinajstić information content (AvgIpc) is 2.73. The molecule has 2 rings (SSSR count). The molecule has 4 atom stereocenters. The first-order valence-electron chi connectivity index (χ1n) is 11.7. The van der Waals surface area contributed by atoms with Crippen molar-refractivity contribution in [1.29, 1.82) is 0 Å². The maximum absolute atomic E-state index is 13.4. The lowest BCUT2D eigenvalue weighted by Gasteiger charge is -2.43. The van der Waals surface area contributed by atoms with Gasteiger partial charge in [-0.3, -0.25) is 0 Å². The Labute approximate surface area is 179 Å². The number of carbonyl (C=O) groups is 1. The van der Waals surface area contributed by atoms with Crippen LogP contribution in [0, 0.1) is 17.8 Å². The fourth-order valence-electron chi connectivity index (χ4n) is 5.01. The summed E-state index contributed by atoms with van der Waals surface area (Å²) in [5.41, 5.74) is 0.672. The topological polar surface area (TPSA) is 35.5 Å². The Hall–Kier alpha value is -1.13. The molecule has 1 aromatic carbocycles. The third kappa shape index (κ3) is 6.18. The van der Waals surface area contributed by atoms with E-state index in [4.69, 9.17) is 9.47 Å². The Kier molecular flexibility index (Phi) is 9.41. The highest BCUT2D eigenvalue weighted by Crippen LogP contribution is 2.38. The van der Waals surface area contributed by atoms with Crippen molar-refractivity contribution in [3.63, 3.8) is 0 Å². The first-order chi connectivity index (χ1) is 13.9. The summed E-state index contributed by atoms with van der Waals surface area (Å²) < 4.78 is 12.6. The summed E-state index contributed by atoms with van der Waals surface area (Å²) in [6.07, 6.45) is 3.70. The van der Waals surface area contributed by atoms with Crippen LogP contribution in [-0.4, -0.2) is 25.9 Å². The molecule has 4 heteroatoms. The van der Waals surface area contributed by atoms with E-state index in [-0.39, 0.29) is 17.8 Å². The van der Waals surface area contributed by atoms with Gasteiger partial charge in [-0.25, -0.2) is 4.79 Å². The third-order valence-electron chi connectivity index (χ3n) is 7.38. The van der Waals surface area contributed by atoms with Crippen LogP contribution in [0.5, 0.6) is 0 Å². The number of hydrogen-bond acceptors (Lipinski definition) is 3. The van der Waals surface area contributed by atoms with E-state index in [9.17, 15) is 4.79 Å². The van der Waals surface area contributed by atoms with Crippen molar-refractivity contribution in [2.75, 3.05) is 0 Å². The second-order valence-corrected chi connectivity index (χ2v) is 14.8. The van der Waals surface area contributed by atoms with Crippen LogP contribution in [0.1, 0.15) is 66.4 Å². The molecule has 0 aromatic heterocycles. The summed E-state index contributed by atoms with van der Waals surface area (Å²) >= 11 is 0. The number of ether oxygens (including phenoxy) is 2. The van der Waals surface area contributed by atoms with Gasteiger partial charge in [0.1, 0.15) is 20.4 Å². The van der Waals surface area contributed by atoms with Gasteiger partial charge < -0.3 is 9.47 Å². The van der Waals surface area contributed by atoms with E-state index in [2.05, 4.69) is 41.5 Å². The highest BCUT2D eigenvalue weighted by atomic mass is 28.3. The molecule has 1 aliphatic rings. The first kappa shape index (κ1) is 24.1. The molecule has 0 amide bonds. The molecule has 0 bridgehead atoms. The predicted molar refractivity (Wildman–Crippen MR) is 123 cm³/mol. The van der Waals surface area contributed by atoms with E-state index in [0.717, 1.165) is 30.1 Å². The third-order valence-corrected chi connectivity index (χ3v) is 13.1. The molecule has 1 aromatic rings. The van der Waals surface area contributed by atoms with Gasteiger partial charge in [-0.05, 0) is 36.2 Å². The van der Waals surface area contributed by atoms with Gasteiger partial charge >= 0.3 is 5.97 Å². The molecule has 29 heavy (non-hydrogen) atoms. The van der Waals surface area contributed by atoms with E-state index < -0.39 is 8.07 Å². The summed E-state index contributed by atoms with van der Waals surface area (Å²) in [5, 5.41) is 0. The second kappa shape index (κ2) is 11.3. The SMILES string of the molecule is CC[Si](CC)(CC)C(O[C@@H]1C[C@@H](C)CC[C@@H]1C(C)C)C(=O)OCc1ccccc1. The van der Waals surface area contributed by atoms with Crippen molar-refractivity contribution < 1.29 is 14.3 Å². The van der Waals surface area contributed by atoms with Crippen molar-refractivity contribution >= 4 is 14.0 Å². The number of carbonyl (C=O) groups excluding carboxylic acids is 1. The maximum Gasteiger partial charge on any atom is 0.332 e. The largest absolute Gasteiger partial charge is 0.459 e. The average molecular weight is 419 g/mol. The van der Waals surface area contributed by atoms with Gasteiger partial charge in [-0.1, -0.05) is 96.4 Å². The van der Waals surface area contributed by atoms with Gasteiger partial charge in [0.25, 0.3) is 0 Å². The monoisotopic (exact) mass is 418 g/mol. The molecule has 1 saturated carbocycles. The zero-order chi connectivity index (χ0) is 21.4. The highest BCUT2D eigenvalue weighted by Gasteiger charge is 2.46. The summed E-state index contributed by atoms with van der Waals surface area (Å²) in [6.45, 7) is 14.0. The molecule has 0 heterocycles. The Morgan fingerprint density at radius 1 is 1.07 bits per heavy atom. The lowest BCUT2D eigenvalue weighted by atomic mass is 9.75. The minimum Gasteiger partial charge on any atom is -0.459 e. The molecule has 1 unspecified atom stereocenters. The minimum absolute atomic E-state index is 0.133. The van der Waals surface area contributed by atoms with E-state index in [1.54, 1.807) is 0 Å². The molecule has 0 N–H and O–H groups in total. The normalized spacial score (nSPS) is 23.8. The Morgan fingerprint density at radius 3 is 2.24 bits per heavy atom. The van der Waals surface area contributed by atoms with Gasteiger partial charge in [0.15, 0.2) is 0 Å². The summed E-state index contributed by atoms with van der Waals surface area (Å²) in [6, 6.07) is 13.1. The van der Waals surface area contributed by atoms with Gasteiger partial charge in [0.05, 0.1) is 6.10 Å². The standard InChI is InChI=1S/C25H42O3Si/c1-7-29(8-2,9-3)25(24(26)27-18-21-13-11-10-12-14-21)28-23-17-20(6)15-16-22(23)19(4)5/h10-14,19-20,22-23,25H,7-9,15-18H2,1-6H3/t20-,22+,23+,25?/m0/s1. The van der Waals surface area contributed by atoms with E-state index in [0.29, 0.717) is 24.4 Å². The predicted octanol–water partition coefficient (Wildman–Crippen LogP) is 6.62. The van der Waals surface area contributed by atoms with Crippen LogP contribution in [0.2, 0.25) is 18.1 Å². The molecule has 0 spiro atoms. The first-order valence-corrected chi connectivity index (χ1v) is 14.4. The Morgan fingerprint density at radius 2 is 1.69 bits per heavy atom. The van der Waals surface area contributed by atoms with Crippen molar-refractivity contribution in [3.05, 3.63) is 35.9 Å². The lowest BCUT2D eigenvalue weighted by Crippen LogP contribution is -2.55. The van der Waals surface area contributed by atoms with E-state index >= 15 is 0 Å². The van der Waals surface area contributed by atoms with Crippen LogP contribution in [0.4, 0.5) is 0 Å². The van der Waals surface area contributed by atoms with Crippen LogP contribution >= 0.6 is 0 Å². The minimum atomic E-state index is -1.92. The van der Waals surface area contributed by atoms with E-state index in [1.165, 1.54) is 12.8 Å². The fraction of sp³-hybridized carbons (Fsp3) is 0.720. The lowest BCUT2D eigenvalue weighted by molar-refractivity contribution is -0.161. The smallest absolute Gasteiger partial charge is 0.332 e. The summed E-state index contributed by atoms with van der Waals surface area (Å²) in [5.74, 6) is 1.64. The quantitative estimate of drug-likeness (QED) is 0.316. The van der Waals surface area contributed by atoms with Gasteiger partial charge in [-0.15, -0.1) is 0 Å². The van der Waals surface area contributed by atoms with Crippen LogP contribution in [0.25, 0.3) is 0 Å². The molecular weight excluding hydrogens is 376 g/mol. The van der Waals surface area contributed by atoms with Crippen LogP contribution < -0.4 is 0 Å². The number of esters is 1. The number of hydrogen-bond donors (Lipinski definition) is 0.